The summed E-state index contributed by atoms with van der Waals surface area (Å²) in [5.41, 5.74) is 1.12. The van der Waals surface area contributed by atoms with E-state index < -0.39 is 0 Å². The number of nitrogens with one attached hydrogen (secondary N) is 1. The molecule has 1 heterocycles. The van der Waals surface area contributed by atoms with Crippen molar-refractivity contribution in [2.45, 2.75) is 17.6 Å². The quantitative estimate of drug-likeness (QED) is 0.545. The summed E-state index contributed by atoms with van der Waals surface area (Å²) in [5, 5.41) is 7.03. The standard InChI is InChI=1S/C17H13BrClN3O2S/c1-10-20-16(24-22-10)9-25-13-5-2-11(3-6-13)17(23)21-15-7-4-12(18)8-14(15)19/h2-8H,9H2,1H3,(H,21,23). The molecular formula is C17H13BrClN3O2S. The van der Waals surface area contributed by atoms with Crippen LogP contribution in [0.25, 0.3) is 0 Å². The Balaban J connectivity index is 1.62. The molecule has 3 aromatic rings. The summed E-state index contributed by atoms with van der Waals surface area (Å²) in [4.78, 5) is 17.5. The molecule has 8 heteroatoms. The summed E-state index contributed by atoms with van der Waals surface area (Å²) < 4.78 is 5.93. The van der Waals surface area contributed by atoms with E-state index in [4.69, 9.17) is 16.1 Å². The van der Waals surface area contributed by atoms with Gasteiger partial charge in [-0.3, -0.25) is 4.79 Å². The first-order valence-electron chi connectivity index (χ1n) is 7.30. The van der Waals surface area contributed by atoms with Gasteiger partial charge in [-0.2, -0.15) is 4.98 Å². The van der Waals surface area contributed by atoms with E-state index in [-0.39, 0.29) is 5.91 Å². The number of amides is 1. The Kier molecular flexibility index (Phi) is 5.78. The highest BCUT2D eigenvalue weighted by molar-refractivity contribution is 9.10. The van der Waals surface area contributed by atoms with Crippen molar-refractivity contribution in [2.24, 2.45) is 0 Å². The topological polar surface area (TPSA) is 68.0 Å². The summed E-state index contributed by atoms with van der Waals surface area (Å²) in [6.07, 6.45) is 0. The molecule has 1 N–H and O–H groups in total. The Bertz CT molecular complexity index is 899. The van der Waals surface area contributed by atoms with E-state index in [9.17, 15) is 4.79 Å². The van der Waals surface area contributed by atoms with Gasteiger partial charge in [0.05, 0.1) is 16.5 Å². The number of hydrogen-bond acceptors (Lipinski definition) is 5. The van der Waals surface area contributed by atoms with Crippen LogP contribution in [0.5, 0.6) is 0 Å². The normalized spacial score (nSPS) is 10.7. The molecule has 0 unspecified atom stereocenters. The first-order chi connectivity index (χ1) is 12.0. The minimum absolute atomic E-state index is 0.215. The highest BCUT2D eigenvalue weighted by Gasteiger charge is 2.09. The summed E-state index contributed by atoms with van der Waals surface area (Å²) in [6.45, 7) is 1.78. The van der Waals surface area contributed by atoms with E-state index in [0.717, 1.165) is 9.37 Å². The van der Waals surface area contributed by atoms with Crippen LogP contribution >= 0.6 is 39.3 Å². The predicted octanol–water partition coefficient (Wildman–Crippen LogP) is 5.34. The third-order valence-corrected chi connectivity index (χ3v) is 5.03. The van der Waals surface area contributed by atoms with Gasteiger partial charge in [0.2, 0.25) is 5.89 Å². The number of aryl methyl sites for hydroxylation is 1. The number of benzene rings is 2. The molecule has 128 valence electrons. The number of aromatic nitrogens is 2. The van der Waals surface area contributed by atoms with Crippen LogP contribution in [-0.2, 0) is 5.75 Å². The van der Waals surface area contributed by atoms with E-state index in [1.165, 1.54) is 0 Å². The number of rotatable bonds is 5. The third kappa shape index (κ3) is 4.84. The van der Waals surface area contributed by atoms with Crippen LogP contribution < -0.4 is 5.32 Å². The predicted molar refractivity (Wildman–Crippen MR) is 102 cm³/mol. The minimum Gasteiger partial charge on any atom is -0.338 e. The van der Waals surface area contributed by atoms with Crippen molar-refractivity contribution in [3.8, 4) is 0 Å². The van der Waals surface area contributed by atoms with Crippen molar-refractivity contribution in [3.63, 3.8) is 0 Å². The van der Waals surface area contributed by atoms with Crippen molar-refractivity contribution in [1.82, 2.24) is 10.1 Å². The second-order valence-corrected chi connectivity index (χ2v) is 7.50. The van der Waals surface area contributed by atoms with Crippen LogP contribution in [0.2, 0.25) is 5.02 Å². The smallest absolute Gasteiger partial charge is 0.255 e. The SMILES string of the molecule is Cc1noc(CSc2ccc(C(=O)Nc3ccc(Br)cc3Cl)cc2)n1. The monoisotopic (exact) mass is 437 g/mol. The lowest BCUT2D eigenvalue weighted by Crippen LogP contribution is -2.12. The second kappa shape index (κ2) is 8.03. The Morgan fingerprint density at radius 1 is 1.28 bits per heavy atom. The van der Waals surface area contributed by atoms with Crippen molar-refractivity contribution < 1.29 is 9.32 Å². The van der Waals surface area contributed by atoms with Crippen molar-refractivity contribution in [1.29, 1.82) is 0 Å². The summed E-state index contributed by atoms with van der Waals surface area (Å²) in [6, 6.07) is 12.6. The average Bonchev–Trinajstić information content (AvgIpc) is 3.01. The van der Waals surface area contributed by atoms with Crippen LogP contribution in [0.4, 0.5) is 5.69 Å². The van der Waals surface area contributed by atoms with E-state index in [2.05, 4.69) is 31.4 Å². The molecule has 0 aliphatic heterocycles. The molecule has 2 aromatic carbocycles. The van der Waals surface area contributed by atoms with Gasteiger partial charge in [0, 0.05) is 14.9 Å². The van der Waals surface area contributed by atoms with E-state index >= 15 is 0 Å². The Hall–Kier alpha value is -1.83. The molecule has 0 spiro atoms. The molecule has 0 saturated heterocycles. The van der Waals surface area contributed by atoms with E-state index in [1.807, 2.05) is 18.2 Å². The maximum atomic E-state index is 12.3. The van der Waals surface area contributed by atoms with Crippen LogP contribution in [0.3, 0.4) is 0 Å². The fourth-order valence-electron chi connectivity index (χ4n) is 2.03. The van der Waals surface area contributed by atoms with Crippen LogP contribution in [-0.4, -0.2) is 16.0 Å². The zero-order valence-electron chi connectivity index (χ0n) is 13.1. The minimum atomic E-state index is -0.215. The van der Waals surface area contributed by atoms with Crippen LogP contribution in [0.15, 0.2) is 56.4 Å². The Morgan fingerprint density at radius 3 is 2.68 bits per heavy atom. The lowest BCUT2D eigenvalue weighted by molar-refractivity contribution is 0.102. The number of carbonyl (C=O) groups excluding carboxylic acids is 1. The zero-order valence-corrected chi connectivity index (χ0v) is 16.3. The maximum Gasteiger partial charge on any atom is 0.255 e. The molecule has 1 amide bonds. The average molecular weight is 439 g/mol. The molecule has 0 saturated carbocycles. The van der Waals surface area contributed by atoms with E-state index in [0.29, 0.717) is 33.7 Å². The molecule has 0 bridgehead atoms. The first-order valence-corrected chi connectivity index (χ1v) is 9.45. The molecule has 0 aliphatic carbocycles. The fourth-order valence-corrected chi connectivity index (χ4v) is 3.49. The number of anilines is 1. The van der Waals surface area contributed by atoms with Crippen molar-refractivity contribution in [3.05, 3.63) is 69.2 Å². The Labute approximate surface area is 162 Å². The summed E-state index contributed by atoms with van der Waals surface area (Å²) in [5.74, 6) is 1.57. The van der Waals surface area contributed by atoms with Crippen LogP contribution in [0.1, 0.15) is 22.1 Å². The summed E-state index contributed by atoms with van der Waals surface area (Å²) >= 11 is 11.0. The highest BCUT2D eigenvalue weighted by Crippen LogP contribution is 2.27. The van der Waals surface area contributed by atoms with Gasteiger partial charge in [-0.1, -0.05) is 32.7 Å². The van der Waals surface area contributed by atoms with Gasteiger partial charge in [0.15, 0.2) is 5.82 Å². The molecule has 25 heavy (non-hydrogen) atoms. The molecule has 0 radical (unpaired) electrons. The number of halogens is 2. The third-order valence-electron chi connectivity index (χ3n) is 3.23. The second-order valence-electron chi connectivity index (χ2n) is 5.13. The van der Waals surface area contributed by atoms with Gasteiger partial charge in [-0.25, -0.2) is 0 Å². The van der Waals surface area contributed by atoms with Gasteiger partial charge in [0.1, 0.15) is 0 Å². The fraction of sp³-hybridized carbons (Fsp3) is 0.118. The Morgan fingerprint density at radius 2 is 2.04 bits per heavy atom. The van der Waals surface area contributed by atoms with Crippen LogP contribution in [0, 0.1) is 6.92 Å². The molecule has 5 nitrogen and oxygen atoms in total. The number of carbonyl (C=O) groups is 1. The van der Waals surface area contributed by atoms with Gasteiger partial charge >= 0.3 is 0 Å². The molecular weight excluding hydrogens is 426 g/mol. The number of thioether (sulfide) groups is 1. The summed E-state index contributed by atoms with van der Waals surface area (Å²) in [7, 11) is 0. The number of nitrogens with zero attached hydrogens (tertiary/aromatic N) is 2. The lowest BCUT2D eigenvalue weighted by atomic mass is 10.2. The molecule has 0 atom stereocenters. The molecule has 3 rings (SSSR count). The van der Waals surface area contributed by atoms with E-state index in [1.54, 1.807) is 43.0 Å². The zero-order chi connectivity index (χ0) is 17.8. The molecule has 1 aromatic heterocycles. The van der Waals surface area contributed by atoms with Gasteiger partial charge in [-0.05, 0) is 49.4 Å². The van der Waals surface area contributed by atoms with Crippen molar-refractivity contribution in [2.75, 3.05) is 5.32 Å². The van der Waals surface area contributed by atoms with Gasteiger partial charge in [0.25, 0.3) is 5.91 Å². The highest BCUT2D eigenvalue weighted by atomic mass is 79.9. The molecule has 0 fully saturated rings. The largest absolute Gasteiger partial charge is 0.338 e. The van der Waals surface area contributed by atoms with Crippen molar-refractivity contribution >= 4 is 50.9 Å². The van der Waals surface area contributed by atoms with Gasteiger partial charge < -0.3 is 9.84 Å². The lowest BCUT2D eigenvalue weighted by Gasteiger charge is -2.08. The molecule has 0 aliphatic rings. The van der Waals surface area contributed by atoms with Gasteiger partial charge in [-0.15, -0.1) is 11.8 Å². The number of hydrogen-bond donors (Lipinski definition) is 1. The first kappa shape index (κ1) is 18.0. The maximum absolute atomic E-state index is 12.3.